The summed E-state index contributed by atoms with van der Waals surface area (Å²) in [6.45, 7) is 0.448. The lowest BCUT2D eigenvalue weighted by atomic mass is 10.1. The zero-order valence-corrected chi connectivity index (χ0v) is 16.6. The number of carbonyl (C=O) groups is 1. The standard InChI is InChI=1S/C21H24F3N3O3/c1-29-18-7-6-16(22)12-15(18)13-26-8-10-27(11-9-26)14-20(28)25-17-4-2-3-5-19(17)30-21(23)24/h2-7,12,21H,8-11,13-14H2,1H3,(H,25,28). The zero-order chi connectivity index (χ0) is 21.5. The molecule has 0 saturated carbocycles. The van der Waals surface area contributed by atoms with Gasteiger partial charge in [-0.25, -0.2) is 4.39 Å². The van der Waals surface area contributed by atoms with Crippen LogP contribution in [0.15, 0.2) is 42.5 Å². The normalized spacial score (nSPS) is 15.2. The minimum absolute atomic E-state index is 0.0743. The van der Waals surface area contributed by atoms with Gasteiger partial charge in [0.2, 0.25) is 5.91 Å². The topological polar surface area (TPSA) is 54.0 Å². The number of hydrogen-bond donors (Lipinski definition) is 1. The quantitative estimate of drug-likeness (QED) is 0.707. The van der Waals surface area contributed by atoms with Crippen LogP contribution in [0.1, 0.15) is 5.56 Å². The maximum Gasteiger partial charge on any atom is 0.387 e. The van der Waals surface area contributed by atoms with E-state index in [9.17, 15) is 18.0 Å². The third-order valence-corrected chi connectivity index (χ3v) is 4.85. The predicted molar refractivity (Wildman–Crippen MR) is 106 cm³/mol. The molecular weight excluding hydrogens is 399 g/mol. The van der Waals surface area contributed by atoms with E-state index in [0.717, 1.165) is 5.56 Å². The van der Waals surface area contributed by atoms with Gasteiger partial charge < -0.3 is 14.8 Å². The molecule has 1 saturated heterocycles. The lowest BCUT2D eigenvalue weighted by molar-refractivity contribution is -0.117. The van der Waals surface area contributed by atoms with Crippen molar-refractivity contribution < 1.29 is 27.4 Å². The van der Waals surface area contributed by atoms with Crippen molar-refractivity contribution in [3.05, 3.63) is 53.8 Å². The van der Waals surface area contributed by atoms with Crippen LogP contribution in [0, 0.1) is 5.82 Å². The summed E-state index contributed by atoms with van der Waals surface area (Å²) < 4.78 is 48.3. The van der Waals surface area contributed by atoms with Crippen molar-refractivity contribution >= 4 is 11.6 Å². The monoisotopic (exact) mass is 423 g/mol. The molecule has 9 heteroatoms. The molecule has 3 rings (SSSR count). The molecule has 0 spiro atoms. The van der Waals surface area contributed by atoms with Crippen LogP contribution >= 0.6 is 0 Å². The predicted octanol–water partition coefficient (Wildman–Crippen LogP) is 3.19. The van der Waals surface area contributed by atoms with Gasteiger partial charge in [0, 0.05) is 38.3 Å². The van der Waals surface area contributed by atoms with E-state index in [2.05, 4.69) is 15.0 Å². The summed E-state index contributed by atoms with van der Waals surface area (Å²) in [7, 11) is 1.55. The number of methoxy groups -OCH3 is 1. The molecule has 0 aliphatic carbocycles. The Labute approximate surface area is 173 Å². The van der Waals surface area contributed by atoms with E-state index in [0.29, 0.717) is 38.5 Å². The Morgan fingerprint density at radius 3 is 2.47 bits per heavy atom. The van der Waals surface area contributed by atoms with Crippen LogP contribution in [0.25, 0.3) is 0 Å². The van der Waals surface area contributed by atoms with E-state index >= 15 is 0 Å². The van der Waals surface area contributed by atoms with Gasteiger partial charge in [0.05, 0.1) is 19.3 Å². The minimum Gasteiger partial charge on any atom is -0.496 e. The molecular formula is C21H24F3N3O3. The smallest absolute Gasteiger partial charge is 0.387 e. The molecule has 0 radical (unpaired) electrons. The number of para-hydroxylation sites is 2. The van der Waals surface area contributed by atoms with Gasteiger partial charge in [-0.15, -0.1) is 0 Å². The maximum absolute atomic E-state index is 13.5. The molecule has 0 bridgehead atoms. The fraction of sp³-hybridized carbons (Fsp3) is 0.381. The summed E-state index contributed by atoms with van der Waals surface area (Å²) in [6.07, 6.45) is 0. The van der Waals surface area contributed by atoms with Gasteiger partial charge in [0.1, 0.15) is 17.3 Å². The van der Waals surface area contributed by atoms with E-state index in [1.54, 1.807) is 25.3 Å². The first-order valence-electron chi connectivity index (χ1n) is 9.55. The second-order valence-electron chi connectivity index (χ2n) is 6.93. The van der Waals surface area contributed by atoms with Crippen molar-refractivity contribution in [2.45, 2.75) is 13.2 Å². The highest BCUT2D eigenvalue weighted by molar-refractivity contribution is 5.93. The Morgan fingerprint density at radius 1 is 1.07 bits per heavy atom. The van der Waals surface area contributed by atoms with Gasteiger partial charge in [-0.05, 0) is 30.3 Å². The van der Waals surface area contributed by atoms with E-state index < -0.39 is 6.61 Å². The molecule has 0 unspecified atom stereocenters. The maximum atomic E-state index is 13.5. The van der Waals surface area contributed by atoms with Crippen LogP contribution in [0.2, 0.25) is 0 Å². The number of alkyl halides is 2. The number of benzene rings is 2. The fourth-order valence-corrected chi connectivity index (χ4v) is 3.38. The molecule has 1 aliphatic rings. The van der Waals surface area contributed by atoms with Crippen molar-refractivity contribution in [3.8, 4) is 11.5 Å². The highest BCUT2D eigenvalue weighted by atomic mass is 19.3. The molecule has 0 atom stereocenters. The van der Waals surface area contributed by atoms with Crippen molar-refractivity contribution in [2.24, 2.45) is 0 Å². The molecule has 1 amide bonds. The summed E-state index contributed by atoms with van der Waals surface area (Å²) in [4.78, 5) is 16.5. The Hall–Kier alpha value is -2.78. The number of piperazine rings is 1. The number of nitrogens with zero attached hydrogens (tertiary/aromatic N) is 2. The third kappa shape index (κ3) is 6.11. The van der Waals surface area contributed by atoms with Crippen LogP contribution in [0.5, 0.6) is 11.5 Å². The Bertz CT molecular complexity index is 858. The number of ether oxygens (including phenoxy) is 2. The summed E-state index contributed by atoms with van der Waals surface area (Å²) >= 11 is 0. The molecule has 0 aromatic heterocycles. The Balaban J connectivity index is 1.49. The van der Waals surface area contributed by atoms with Crippen LogP contribution in [-0.2, 0) is 11.3 Å². The van der Waals surface area contributed by atoms with Gasteiger partial charge >= 0.3 is 6.61 Å². The molecule has 1 heterocycles. The number of nitrogens with one attached hydrogen (secondary N) is 1. The molecule has 162 valence electrons. The van der Waals surface area contributed by atoms with E-state index in [1.807, 2.05) is 4.90 Å². The van der Waals surface area contributed by atoms with Crippen LogP contribution in [-0.4, -0.2) is 62.2 Å². The number of hydrogen-bond acceptors (Lipinski definition) is 5. The highest BCUT2D eigenvalue weighted by Gasteiger charge is 2.21. The molecule has 2 aromatic carbocycles. The minimum atomic E-state index is -2.96. The first kappa shape index (κ1) is 21.9. The Morgan fingerprint density at radius 2 is 1.77 bits per heavy atom. The Kier molecular flexibility index (Phi) is 7.53. The van der Waals surface area contributed by atoms with Crippen LogP contribution < -0.4 is 14.8 Å². The van der Waals surface area contributed by atoms with E-state index in [-0.39, 0.29) is 29.7 Å². The zero-order valence-electron chi connectivity index (χ0n) is 16.6. The summed E-state index contributed by atoms with van der Waals surface area (Å²) in [6, 6.07) is 10.5. The highest BCUT2D eigenvalue weighted by Crippen LogP contribution is 2.25. The number of rotatable bonds is 8. The van der Waals surface area contributed by atoms with Gasteiger partial charge in [-0.1, -0.05) is 12.1 Å². The van der Waals surface area contributed by atoms with Crippen molar-refractivity contribution in [2.75, 3.05) is 45.2 Å². The average molecular weight is 423 g/mol. The second-order valence-corrected chi connectivity index (χ2v) is 6.93. The van der Waals surface area contributed by atoms with Crippen molar-refractivity contribution in [3.63, 3.8) is 0 Å². The van der Waals surface area contributed by atoms with Crippen molar-refractivity contribution in [1.29, 1.82) is 0 Å². The van der Waals surface area contributed by atoms with Crippen LogP contribution in [0.3, 0.4) is 0 Å². The van der Waals surface area contributed by atoms with Gasteiger partial charge in [0.25, 0.3) is 0 Å². The summed E-state index contributed by atoms with van der Waals surface area (Å²) in [5.74, 6) is -0.0459. The molecule has 1 aliphatic heterocycles. The molecule has 1 fully saturated rings. The lowest BCUT2D eigenvalue weighted by Gasteiger charge is -2.34. The van der Waals surface area contributed by atoms with Crippen molar-refractivity contribution in [1.82, 2.24) is 9.80 Å². The van der Waals surface area contributed by atoms with E-state index in [1.165, 1.54) is 24.3 Å². The van der Waals surface area contributed by atoms with Gasteiger partial charge in [0.15, 0.2) is 0 Å². The number of amides is 1. The van der Waals surface area contributed by atoms with E-state index in [4.69, 9.17) is 4.74 Å². The SMILES string of the molecule is COc1ccc(F)cc1CN1CCN(CC(=O)Nc2ccccc2OC(F)F)CC1. The van der Waals surface area contributed by atoms with Gasteiger partial charge in [-0.2, -0.15) is 8.78 Å². The summed E-state index contributed by atoms with van der Waals surface area (Å²) in [5, 5.41) is 2.62. The lowest BCUT2D eigenvalue weighted by Crippen LogP contribution is -2.48. The molecule has 2 aromatic rings. The fourth-order valence-electron chi connectivity index (χ4n) is 3.38. The first-order valence-corrected chi connectivity index (χ1v) is 9.55. The number of carbonyl (C=O) groups excluding carboxylic acids is 1. The average Bonchev–Trinajstić information content (AvgIpc) is 2.71. The second kappa shape index (κ2) is 10.3. The molecule has 1 N–H and O–H groups in total. The first-order chi connectivity index (χ1) is 14.4. The molecule has 30 heavy (non-hydrogen) atoms. The third-order valence-electron chi connectivity index (χ3n) is 4.85. The summed E-state index contributed by atoms with van der Waals surface area (Å²) in [5.41, 5.74) is 0.985. The number of halogens is 3. The molecule has 6 nitrogen and oxygen atoms in total. The number of anilines is 1. The van der Waals surface area contributed by atoms with Gasteiger partial charge in [-0.3, -0.25) is 14.6 Å². The van der Waals surface area contributed by atoms with Crippen LogP contribution in [0.4, 0.5) is 18.9 Å². The largest absolute Gasteiger partial charge is 0.496 e.